The summed E-state index contributed by atoms with van der Waals surface area (Å²) in [6, 6.07) is 5.81. The predicted molar refractivity (Wildman–Crippen MR) is 103 cm³/mol. The molecule has 28 heavy (non-hydrogen) atoms. The monoisotopic (exact) mass is 390 g/mol. The second-order valence-electron chi connectivity index (χ2n) is 8.87. The largest absolute Gasteiger partial charge is 0.508 e. The van der Waals surface area contributed by atoms with Gasteiger partial charge in [-0.25, -0.2) is 4.79 Å². The van der Waals surface area contributed by atoms with Gasteiger partial charge >= 0.3 is 5.97 Å². The van der Waals surface area contributed by atoms with Crippen molar-refractivity contribution < 1.29 is 29.3 Å². The Kier molecular flexibility index (Phi) is 5.56. The Balaban J connectivity index is 1.89. The van der Waals surface area contributed by atoms with Crippen LogP contribution in [-0.2, 0) is 14.3 Å². The number of esters is 1. The summed E-state index contributed by atoms with van der Waals surface area (Å²) < 4.78 is 11.8. The standard InChI is InChI=1S/C22H30O6/c1-13(2)22-12-11-21(4,10-9-14(3)23)18(22)17(20(26)28-22)27-19(25)15-5-7-16(24)8-6-15/h5-8,13,17-18,20,24,26H,9-12H2,1-4H3. The van der Waals surface area contributed by atoms with Crippen molar-refractivity contribution in [2.45, 2.75) is 71.4 Å². The molecule has 1 saturated carbocycles. The van der Waals surface area contributed by atoms with Crippen LogP contribution < -0.4 is 0 Å². The number of ether oxygens (including phenoxy) is 2. The fourth-order valence-corrected chi connectivity index (χ4v) is 5.09. The number of carbonyl (C=O) groups is 2. The van der Waals surface area contributed by atoms with Gasteiger partial charge in [-0.05, 0) is 61.8 Å². The molecule has 5 atom stereocenters. The lowest BCUT2D eigenvalue weighted by Gasteiger charge is -2.39. The molecule has 0 aromatic heterocycles. The van der Waals surface area contributed by atoms with Crippen LogP contribution in [0.5, 0.6) is 5.75 Å². The lowest BCUT2D eigenvalue weighted by atomic mass is 9.68. The van der Waals surface area contributed by atoms with Gasteiger partial charge in [0.1, 0.15) is 11.5 Å². The first-order chi connectivity index (χ1) is 13.1. The molecule has 6 nitrogen and oxygen atoms in total. The van der Waals surface area contributed by atoms with Gasteiger partial charge in [0.15, 0.2) is 12.4 Å². The highest BCUT2D eigenvalue weighted by molar-refractivity contribution is 5.89. The maximum atomic E-state index is 12.7. The number of rotatable bonds is 6. The minimum Gasteiger partial charge on any atom is -0.508 e. The first-order valence-electron chi connectivity index (χ1n) is 9.94. The van der Waals surface area contributed by atoms with E-state index >= 15 is 0 Å². The van der Waals surface area contributed by atoms with Gasteiger partial charge in [0.25, 0.3) is 0 Å². The molecule has 154 valence electrons. The highest BCUT2D eigenvalue weighted by Gasteiger charge is 2.67. The van der Waals surface area contributed by atoms with Crippen LogP contribution >= 0.6 is 0 Å². The van der Waals surface area contributed by atoms with E-state index in [-0.39, 0.29) is 28.8 Å². The second-order valence-corrected chi connectivity index (χ2v) is 8.87. The van der Waals surface area contributed by atoms with Crippen molar-refractivity contribution in [2.24, 2.45) is 17.3 Å². The Morgan fingerprint density at radius 1 is 1.25 bits per heavy atom. The number of phenolic OH excluding ortho intramolecular Hbond substituents is 1. The van der Waals surface area contributed by atoms with Crippen LogP contribution in [0, 0.1) is 17.3 Å². The quantitative estimate of drug-likeness (QED) is 0.723. The van der Waals surface area contributed by atoms with E-state index in [0.717, 1.165) is 12.8 Å². The molecule has 0 radical (unpaired) electrons. The van der Waals surface area contributed by atoms with Gasteiger partial charge in [-0.15, -0.1) is 0 Å². The summed E-state index contributed by atoms with van der Waals surface area (Å²) in [4.78, 5) is 24.3. The fourth-order valence-electron chi connectivity index (χ4n) is 5.09. The van der Waals surface area contributed by atoms with Gasteiger partial charge in [0.05, 0.1) is 11.2 Å². The molecule has 1 aromatic rings. The number of aliphatic hydroxyl groups is 1. The maximum absolute atomic E-state index is 12.7. The van der Waals surface area contributed by atoms with Crippen LogP contribution in [-0.4, -0.2) is 40.0 Å². The van der Waals surface area contributed by atoms with Crippen molar-refractivity contribution in [3.63, 3.8) is 0 Å². The van der Waals surface area contributed by atoms with Gasteiger partial charge < -0.3 is 24.5 Å². The fraction of sp³-hybridized carbons (Fsp3) is 0.636. The first kappa shape index (κ1) is 20.8. The third kappa shape index (κ3) is 3.55. The topological polar surface area (TPSA) is 93.1 Å². The molecule has 0 amide bonds. The van der Waals surface area contributed by atoms with Crippen molar-refractivity contribution in [3.8, 4) is 5.75 Å². The molecule has 1 aliphatic heterocycles. The summed E-state index contributed by atoms with van der Waals surface area (Å²) in [6.07, 6.45) is 0.728. The number of carbonyl (C=O) groups excluding carboxylic acids is 2. The number of hydrogen-bond donors (Lipinski definition) is 2. The average Bonchev–Trinajstić information content (AvgIpc) is 3.08. The zero-order valence-corrected chi connectivity index (χ0v) is 17.0. The lowest BCUT2D eigenvalue weighted by Crippen LogP contribution is -2.45. The van der Waals surface area contributed by atoms with Gasteiger partial charge in [0.2, 0.25) is 0 Å². The minimum atomic E-state index is -1.20. The van der Waals surface area contributed by atoms with Crippen molar-refractivity contribution in [2.75, 3.05) is 0 Å². The number of phenols is 1. The molecule has 1 aliphatic carbocycles. The van der Waals surface area contributed by atoms with Crippen LogP contribution in [0.3, 0.4) is 0 Å². The average molecular weight is 390 g/mol. The highest BCUT2D eigenvalue weighted by atomic mass is 16.7. The molecule has 2 N–H and O–H groups in total. The Hall–Kier alpha value is -1.92. The molecule has 1 saturated heterocycles. The number of benzene rings is 1. The van der Waals surface area contributed by atoms with Gasteiger partial charge in [0, 0.05) is 12.3 Å². The van der Waals surface area contributed by atoms with E-state index in [1.54, 1.807) is 6.92 Å². The highest BCUT2D eigenvalue weighted by Crippen LogP contribution is 2.62. The van der Waals surface area contributed by atoms with Gasteiger partial charge in [-0.3, -0.25) is 0 Å². The Morgan fingerprint density at radius 3 is 2.46 bits per heavy atom. The summed E-state index contributed by atoms with van der Waals surface area (Å²) in [7, 11) is 0. The van der Waals surface area contributed by atoms with E-state index in [9.17, 15) is 19.8 Å². The SMILES string of the molecule is CC(=O)CCC1(C)CCC2(C(C)C)OC(O)C(OC(=O)c3ccc(O)cc3)C12. The normalized spacial score (nSPS) is 34.4. The molecule has 3 rings (SSSR count). The molecule has 0 bridgehead atoms. The number of aliphatic hydroxyl groups excluding tert-OH is 1. The molecule has 2 fully saturated rings. The summed E-state index contributed by atoms with van der Waals surface area (Å²) in [6.45, 7) is 7.80. The Morgan fingerprint density at radius 2 is 1.89 bits per heavy atom. The number of fused-ring (bicyclic) bond motifs is 1. The second kappa shape index (κ2) is 7.48. The third-order valence-electron chi connectivity index (χ3n) is 6.69. The molecule has 0 spiro atoms. The molecular formula is C22H30O6. The maximum Gasteiger partial charge on any atom is 0.338 e. The Bertz CT molecular complexity index is 742. The summed E-state index contributed by atoms with van der Waals surface area (Å²) >= 11 is 0. The summed E-state index contributed by atoms with van der Waals surface area (Å²) in [5, 5.41) is 20.1. The van der Waals surface area contributed by atoms with Gasteiger partial charge in [-0.2, -0.15) is 0 Å². The molecule has 6 heteroatoms. The number of ketones is 1. The van der Waals surface area contributed by atoms with Crippen molar-refractivity contribution in [1.29, 1.82) is 0 Å². The molecular weight excluding hydrogens is 360 g/mol. The van der Waals surface area contributed by atoms with Crippen LogP contribution in [0.2, 0.25) is 0 Å². The Labute approximate surface area is 165 Å². The van der Waals surface area contributed by atoms with Gasteiger partial charge in [-0.1, -0.05) is 20.8 Å². The smallest absolute Gasteiger partial charge is 0.338 e. The molecule has 2 aliphatic rings. The van der Waals surface area contributed by atoms with Crippen LogP contribution in [0.4, 0.5) is 0 Å². The first-order valence-corrected chi connectivity index (χ1v) is 9.94. The van der Waals surface area contributed by atoms with E-state index in [4.69, 9.17) is 9.47 Å². The lowest BCUT2D eigenvalue weighted by molar-refractivity contribution is -0.173. The number of aromatic hydroxyl groups is 1. The van der Waals surface area contributed by atoms with Crippen LogP contribution in [0.15, 0.2) is 24.3 Å². The zero-order chi connectivity index (χ0) is 20.7. The van der Waals surface area contributed by atoms with Crippen LogP contribution in [0.25, 0.3) is 0 Å². The number of Topliss-reactive ketones (excluding diaryl/α,β-unsaturated/α-hetero) is 1. The number of hydrogen-bond acceptors (Lipinski definition) is 6. The van der Waals surface area contributed by atoms with Crippen molar-refractivity contribution >= 4 is 11.8 Å². The minimum absolute atomic E-state index is 0.0622. The van der Waals surface area contributed by atoms with E-state index in [2.05, 4.69) is 20.8 Å². The van der Waals surface area contributed by atoms with E-state index in [0.29, 0.717) is 18.4 Å². The summed E-state index contributed by atoms with van der Waals surface area (Å²) in [5.41, 5.74) is -0.548. The molecule has 5 unspecified atom stereocenters. The van der Waals surface area contributed by atoms with Crippen molar-refractivity contribution in [3.05, 3.63) is 29.8 Å². The van der Waals surface area contributed by atoms with Crippen molar-refractivity contribution in [1.82, 2.24) is 0 Å². The van der Waals surface area contributed by atoms with E-state index < -0.39 is 24.0 Å². The van der Waals surface area contributed by atoms with Crippen LogP contribution in [0.1, 0.15) is 63.7 Å². The summed E-state index contributed by atoms with van der Waals surface area (Å²) in [5.74, 6) is -0.445. The predicted octanol–water partition coefficient (Wildman–Crippen LogP) is 3.45. The molecule has 1 aromatic carbocycles. The molecule has 1 heterocycles. The zero-order valence-electron chi connectivity index (χ0n) is 17.0. The van der Waals surface area contributed by atoms with E-state index in [1.165, 1.54) is 24.3 Å². The van der Waals surface area contributed by atoms with E-state index in [1.807, 2.05) is 0 Å². The third-order valence-corrected chi connectivity index (χ3v) is 6.69.